The van der Waals surface area contributed by atoms with E-state index in [1.54, 1.807) is 29.2 Å². The van der Waals surface area contributed by atoms with Crippen LogP contribution in [-0.2, 0) is 9.59 Å². The van der Waals surface area contributed by atoms with Crippen molar-refractivity contribution >= 4 is 17.7 Å². The first-order valence-electron chi connectivity index (χ1n) is 9.28. The van der Waals surface area contributed by atoms with E-state index in [1.165, 1.54) is 0 Å². The molecule has 1 aliphatic heterocycles. The largest absolute Gasteiger partial charge is 0.494 e. The van der Waals surface area contributed by atoms with E-state index in [1.807, 2.05) is 6.92 Å². The molecule has 0 radical (unpaired) electrons. The van der Waals surface area contributed by atoms with E-state index in [4.69, 9.17) is 9.84 Å². The summed E-state index contributed by atoms with van der Waals surface area (Å²) in [5.41, 5.74) is 0.572. The monoisotopic (exact) mass is 361 g/mol. The van der Waals surface area contributed by atoms with Gasteiger partial charge in [-0.3, -0.25) is 14.4 Å². The number of nitrogens with zero attached hydrogens (tertiary/aromatic N) is 1. The third-order valence-corrected chi connectivity index (χ3v) is 4.69. The van der Waals surface area contributed by atoms with Crippen LogP contribution >= 0.6 is 0 Å². The molecular weight excluding hydrogens is 334 g/mol. The Morgan fingerprint density at radius 2 is 1.85 bits per heavy atom. The number of ketones is 1. The molecule has 142 valence electrons. The molecule has 1 aromatic rings. The molecule has 26 heavy (non-hydrogen) atoms. The maximum Gasteiger partial charge on any atom is 0.303 e. The second-order valence-electron chi connectivity index (χ2n) is 6.55. The Bertz CT molecular complexity index is 626. The summed E-state index contributed by atoms with van der Waals surface area (Å²) in [6, 6.07) is 6.92. The summed E-state index contributed by atoms with van der Waals surface area (Å²) >= 11 is 0. The first-order chi connectivity index (χ1) is 12.5. The van der Waals surface area contributed by atoms with Gasteiger partial charge in [0, 0.05) is 37.4 Å². The number of carboxylic acids is 1. The van der Waals surface area contributed by atoms with Crippen LogP contribution in [0.25, 0.3) is 0 Å². The number of aliphatic carboxylic acids is 1. The van der Waals surface area contributed by atoms with Crippen LogP contribution in [0.15, 0.2) is 24.3 Å². The number of carbonyl (C=O) groups is 3. The highest BCUT2D eigenvalue weighted by Gasteiger charge is 2.27. The number of carboxylic acid groups (broad SMARTS) is 1. The minimum atomic E-state index is -0.839. The Morgan fingerprint density at radius 1 is 1.12 bits per heavy atom. The average Bonchev–Trinajstić information content (AvgIpc) is 2.65. The van der Waals surface area contributed by atoms with Crippen molar-refractivity contribution in [1.82, 2.24) is 4.90 Å². The molecule has 1 N–H and O–H groups in total. The van der Waals surface area contributed by atoms with Crippen molar-refractivity contribution in [2.75, 3.05) is 13.2 Å². The lowest BCUT2D eigenvalue weighted by molar-refractivity contribution is -0.140. The Kier molecular flexibility index (Phi) is 7.63. The van der Waals surface area contributed by atoms with Crippen LogP contribution < -0.4 is 4.74 Å². The Balaban J connectivity index is 1.87. The molecular formula is C20H27NO5. The van der Waals surface area contributed by atoms with Crippen LogP contribution in [-0.4, -0.2) is 46.9 Å². The van der Waals surface area contributed by atoms with Crippen molar-refractivity contribution in [1.29, 1.82) is 0 Å². The smallest absolute Gasteiger partial charge is 0.303 e. The van der Waals surface area contributed by atoms with Crippen molar-refractivity contribution in [3.05, 3.63) is 29.8 Å². The highest BCUT2D eigenvalue weighted by molar-refractivity contribution is 5.98. The molecule has 2 rings (SSSR count). The number of Topliss-reactive ketones (excluding diaryl/α,β-unsaturated/α-hetero) is 1. The van der Waals surface area contributed by atoms with Crippen molar-refractivity contribution < 1.29 is 24.2 Å². The molecule has 0 aliphatic carbocycles. The highest BCUT2D eigenvalue weighted by atomic mass is 16.5. The molecule has 6 heteroatoms. The number of ether oxygens (including phenoxy) is 1. The van der Waals surface area contributed by atoms with Gasteiger partial charge in [-0.25, -0.2) is 0 Å². The lowest BCUT2D eigenvalue weighted by atomic mass is 9.97. The van der Waals surface area contributed by atoms with Gasteiger partial charge in [0.25, 0.3) is 0 Å². The summed E-state index contributed by atoms with van der Waals surface area (Å²) in [6.45, 7) is 3.12. The summed E-state index contributed by atoms with van der Waals surface area (Å²) in [5, 5.41) is 8.87. The lowest BCUT2D eigenvalue weighted by Gasteiger charge is -2.35. The third kappa shape index (κ3) is 5.86. The van der Waals surface area contributed by atoms with Crippen LogP contribution in [0.3, 0.4) is 0 Å². The fraction of sp³-hybridized carbons (Fsp3) is 0.550. The number of amides is 1. The lowest BCUT2D eigenvalue weighted by Crippen LogP contribution is -2.44. The number of piperidine rings is 1. The van der Waals surface area contributed by atoms with Crippen LogP contribution in [0, 0.1) is 0 Å². The minimum absolute atomic E-state index is 0.0204. The van der Waals surface area contributed by atoms with Crippen molar-refractivity contribution in [3.63, 3.8) is 0 Å². The van der Waals surface area contributed by atoms with Gasteiger partial charge in [-0.15, -0.1) is 0 Å². The quantitative estimate of drug-likeness (QED) is 0.682. The van der Waals surface area contributed by atoms with Crippen LogP contribution in [0.4, 0.5) is 0 Å². The normalized spacial score (nSPS) is 17.0. The number of benzene rings is 1. The van der Waals surface area contributed by atoms with E-state index in [2.05, 4.69) is 0 Å². The van der Waals surface area contributed by atoms with Crippen LogP contribution in [0.2, 0.25) is 0 Å². The average molecular weight is 361 g/mol. The second-order valence-corrected chi connectivity index (χ2v) is 6.55. The summed E-state index contributed by atoms with van der Waals surface area (Å²) < 4.78 is 5.36. The summed E-state index contributed by atoms with van der Waals surface area (Å²) in [6.07, 6.45) is 3.66. The molecule has 1 atom stereocenters. The zero-order valence-electron chi connectivity index (χ0n) is 15.3. The van der Waals surface area contributed by atoms with Crippen molar-refractivity contribution in [3.8, 4) is 5.75 Å². The molecule has 1 unspecified atom stereocenters. The fourth-order valence-corrected chi connectivity index (χ4v) is 3.33. The molecule has 1 aromatic carbocycles. The minimum Gasteiger partial charge on any atom is -0.494 e. The van der Waals surface area contributed by atoms with E-state index in [0.29, 0.717) is 25.1 Å². The summed E-state index contributed by atoms with van der Waals surface area (Å²) in [7, 11) is 0. The Hall–Kier alpha value is -2.37. The second kappa shape index (κ2) is 9.94. The van der Waals surface area contributed by atoms with Crippen molar-refractivity contribution in [2.45, 2.75) is 57.9 Å². The molecule has 0 bridgehead atoms. The number of likely N-dealkylation sites (tertiary alicyclic amines) is 1. The first-order valence-corrected chi connectivity index (χ1v) is 9.28. The van der Waals surface area contributed by atoms with Gasteiger partial charge in [-0.1, -0.05) is 0 Å². The predicted molar refractivity (Wildman–Crippen MR) is 97.4 cm³/mol. The van der Waals surface area contributed by atoms with Gasteiger partial charge in [-0.05, 0) is 56.9 Å². The van der Waals surface area contributed by atoms with Gasteiger partial charge >= 0.3 is 5.97 Å². The summed E-state index contributed by atoms with van der Waals surface area (Å²) in [5.74, 6) is -0.247. The molecule has 1 fully saturated rings. The van der Waals surface area contributed by atoms with Gasteiger partial charge in [0.2, 0.25) is 5.91 Å². The number of rotatable bonds is 9. The maximum absolute atomic E-state index is 12.5. The van der Waals surface area contributed by atoms with E-state index in [0.717, 1.165) is 25.0 Å². The summed E-state index contributed by atoms with van der Waals surface area (Å²) in [4.78, 5) is 37.4. The SMILES string of the molecule is CCOc1ccc(C(=O)CCC(=O)N2CCCCC2CCC(=O)O)cc1. The Morgan fingerprint density at radius 3 is 2.50 bits per heavy atom. The van der Waals surface area contributed by atoms with Gasteiger partial charge in [-0.2, -0.15) is 0 Å². The Labute approximate surface area is 154 Å². The highest BCUT2D eigenvalue weighted by Crippen LogP contribution is 2.22. The van der Waals surface area contributed by atoms with E-state index in [9.17, 15) is 14.4 Å². The molecule has 6 nitrogen and oxygen atoms in total. The maximum atomic E-state index is 12.5. The molecule has 1 saturated heterocycles. The van der Waals surface area contributed by atoms with Gasteiger partial charge < -0.3 is 14.7 Å². The number of hydrogen-bond donors (Lipinski definition) is 1. The van der Waals surface area contributed by atoms with Gasteiger partial charge in [0.1, 0.15) is 5.75 Å². The van der Waals surface area contributed by atoms with E-state index >= 15 is 0 Å². The zero-order valence-corrected chi connectivity index (χ0v) is 15.3. The molecule has 0 spiro atoms. The molecule has 0 saturated carbocycles. The molecule has 0 aromatic heterocycles. The van der Waals surface area contributed by atoms with Gasteiger partial charge in [0.05, 0.1) is 6.61 Å². The van der Waals surface area contributed by atoms with E-state index < -0.39 is 5.97 Å². The number of hydrogen-bond acceptors (Lipinski definition) is 4. The standard InChI is InChI=1S/C20H27NO5/c1-2-26-17-9-6-15(7-10-17)18(22)11-12-19(23)21-14-4-3-5-16(21)8-13-20(24)25/h6-7,9-10,16H,2-5,8,11-14H2,1H3,(H,24,25). The first kappa shape index (κ1) is 19.9. The van der Waals surface area contributed by atoms with Crippen molar-refractivity contribution in [2.24, 2.45) is 0 Å². The number of carbonyl (C=O) groups excluding carboxylic acids is 2. The topological polar surface area (TPSA) is 83.9 Å². The molecule has 1 amide bonds. The van der Waals surface area contributed by atoms with Gasteiger partial charge in [0.15, 0.2) is 5.78 Å². The fourth-order valence-electron chi connectivity index (χ4n) is 3.33. The van der Waals surface area contributed by atoms with E-state index in [-0.39, 0.29) is 37.0 Å². The zero-order chi connectivity index (χ0) is 18.9. The predicted octanol–water partition coefficient (Wildman–Crippen LogP) is 3.29. The van der Waals surface area contributed by atoms with Crippen LogP contribution in [0.1, 0.15) is 62.2 Å². The molecule has 1 heterocycles. The van der Waals surface area contributed by atoms with Crippen LogP contribution in [0.5, 0.6) is 5.75 Å². The molecule has 1 aliphatic rings. The third-order valence-electron chi connectivity index (χ3n) is 4.69.